The second-order valence-electron chi connectivity index (χ2n) is 4.35. The molecule has 2 aromatic carbocycles. The van der Waals surface area contributed by atoms with Crippen molar-refractivity contribution in [3.05, 3.63) is 64.2 Å². The summed E-state index contributed by atoms with van der Waals surface area (Å²) in [5.74, 6) is -0.487. The number of benzene rings is 2. The van der Waals surface area contributed by atoms with Crippen molar-refractivity contribution >= 4 is 30.2 Å². The zero-order chi connectivity index (χ0) is 16.3. The van der Waals surface area contributed by atoms with Crippen LogP contribution < -0.4 is 10.6 Å². The van der Waals surface area contributed by atoms with E-state index in [1.54, 1.807) is 0 Å². The minimum absolute atomic E-state index is 0.123. The summed E-state index contributed by atoms with van der Waals surface area (Å²) < 4.78 is 11.0. The lowest BCUT2D eigenvalue weighted by Crippen LogP contribution is -2.12. The van der Waals surface area contributed by atoms with Crippen LogP contribution in [0.2, 0.25) is 0 Å². The van der Waals surface area contributed by atoms with Crippen LogP contribution >= 0.6 is 7.60 Å². The summed E-state index contributed by atoms with van der Waals surface area (Å²) in [7, 11) is -4.32. The number of nitro benzene ring substituents is 1. The normalized spacial score (nSPS) is 11.0. The Morgan fingerprint density at radius 2 is 1.59 bits per heavy atom. The number of hydrogen-bond acceptors (Lipinski definition) is 4. The fraction of sp³-hybridized carbons (Fsp3) is 0. The Labute approximate surface area is 124 Å². The molecule has 0 aliphatic heterocycles. The van der Waals surface area contributed by atoms with Crippen molar-refractivity contribution in [3.8, 4) is 0 Å². The van der Waals surface area contributed by atoms with E-state index in [0.717, 1.165) is 0 Å². The Hall–Kier alpha value is -2.54. The summed E-state index contributed by atoms with van der Waals surface area (Å²) in [6, 6.07) is 10.2. The van der Waals surface area contributed by atoms with Gasteiger partial charge in [-0.3, -0.25) is 19.5 Å². The molecule has 114 valence electrons. The Balaban J connectivity index is 2.11. The lowest BCUT2D eigenvalue weighted by atomic mass is 10.2. The number of nitrogens with zero attached hydrogens (tertiary/aromatic N) is 1. The van der Waals surface area contributed by atoms with Gasteiger partial charge in [0.05, 0.1) is 10.2 Å². The molecular formula is C13H11N2O6P. The number of amides is 1. The molecule has 0 aliphatic rings. The molecule has 3 N–H and O–H groups in total. The van der Waals surface area contributed by atoms with Gasteiger partial charge in [0.2, 0.25) is 0 Å². The fourth-order valence-corrected chi connectivity index (χ4v) is 2.21. The van der Waals surface area contributed by atoms with Crippen LogP contribution in [0.3, 0.4) is 0 Å². The van der Waals surface area contributed by atoms with Crippen LogP contribution in [0.1, 0.15) is 10.4 Å². The van der Waals surface area contributed by atoms with Crippen molar-refractivity contribution < 1.29 is 24.1 Å². The quantitative estimate of drug-likeness (QED) is 0.446. The predicted molar refractivity (Wildman–Crippen MR) is 79.2 cm³/mol. The van der Waals surface area contributed by atoms with Crippen molar-refractivity contribution in [3.63, 3.8) is 0 Å². The molecule has 8 nitrogen and oxygen atoms in total. The second kappa shape index (κ2) is 6.07. The third-order valence-electron chi connectivity index (χ3n) is 2.80. The number of nitro groups is 1. The summed E-state index contributed by atoms with van der Waals surface area (Å²) in [4.78, 5) is 39.9. The van der Waals surface area contributed by atoms with Crippen LogP contribution in [0.15, 0.2) is 48.5 Å². The molecule has 0 radical (unpaired) electrons. The molecule has 2 rings (SSSR count). The van der Waals surface area contributed by atoms with E-state index in [4.69, 9.17) is 9.79 Å². The lowest BCUT2D eigenvalue weighted by molar-refractivity contribution is -0.384. The minimum Gasteiger partial charge on any atom is -0.322 e. The van der Waals surface area contributed by atoms with Crippen LogP contribution in [0.25, 0.3) is 0 Å². The Kier molecular flexibility index (Phi) is 4.37. The molecule has 0 fully saturated rings. The SMILES string of the molecule is O=C(Nc1ccc(P(=O)(O)O)cc1)c1ccc([N+](=O)[O-])cc1. The van der Waals surface area contributed by atoms with Gasteiger partial charge in [0.25, 0.3) is 11.6 Å². The van der Waals surface area contributed by atoms with Gasteiger partial charge in [0.15, 0.2) is 0 Å². The van der Waals surface area contributed by atoms with Crippen LogP contribution in [0.5, 0.6) is 0 Å². The van der Waals surface area contributed by atoms with E-state index in [-0.39, 0.29) is 16.6 Å². The van der Waals surface area contributed by atoms with Gasteiger partial charge in [-0.2, -0.15) is 0 Å². The Morgan fingerprint density at radius 3 is 2.05 bits per heavy atom. The Bertz CT molecular complexity index is 751. The molecule has 0 saturated heterocycles. The van der Waals surface area contributed by atoms with Gasteiger partial charge in [-0.05, 0) is 36.4 Å². The van der Waals surface area contributed by atoms with Crippen molar-refractivity contribution in [2.75, 3.05) is 5.32 Å². The first-order chi connectivity index (χ1) is 10.3. The number of non-ortho nitro benzene ring substituents is 1. The van der Waals surface area contributed by atoms with Crippen LogP contribution in [-0.2, 0) is 4.57 Å². The second-order valence-corrected chi connectivity index (χ2v) is 5.95. The molecular weight excluding hydrogens is 311 g/mol. The maximum atomic E-state index is 11.9. The molecule has 1 amide bonds. The number of rotatable bonds is 4. The van der Waals surface area contributed by atoms with Crippen LogP contribution in [0, 0.1) is 10.1 Å². The van der Waals surface area contributed by atoms with Crippen molar-refractivity contribution in [2.45, 2.75) is 0 Å². The highest BCUT2D eigenvalue weighted by atomic mass is 31.2. The number of carbonyl (C=O) groups excluding carboxylic acids is 1. The van der Waals surface area contributed by atoms with Gasteiger partial charge >= 0.3 is 7.60 Å². The largest absolute Gasteiger partial charge is 0.356 e. The molecule has 0 unspecified atom stereocenters. The molecule has 0 bridgehead atoms. The molecule has 22 heavy (non-hydrogen) atoms. The first-order valence-corrected chi connectivity index (χ1v) is 7.60. The van der Waals surface area contributed by atoms with E-state index >= 15 is 0 Å². The highest BCUT2D eigenvalue weighted by Crippen LogP contribution is 2.33. The van der Waals surface area contributed by atoms with Gasteiger partial charge in [0, 0.05) is 23.4 Å². The van der Waals surface area contributed by atoms with Crippen LogP contribution in [0.4, 0.5) is 11.4 Å². The topological polar surface area (TPSA) is 130 Å². The molecule has 0 aromatic heterocycles. The predicted octanol–water partition coefficient (Wildman–Crippen LogP) is 1.65. The number of nitrogens with one attached hydrogen (secondary N) is 1. The monoisotopic (exact) mass is 322 g/mol. The van der Waals surface area contributed by atoms with Gasteiger partial charge in [-0.15, -0.1) is 0 Å². The summed E-state index contributed by atoms with van der Waals surface area (Å²) in [5, 5.41) is 12.9. The molecule has 0 saturated carbocycles. The van der Waals surface area contributed by atoms with Crippen molar-refractivity contribution in [1.29, 1.82) is 0 Å². The van der Waals surface area contributed by atoms with E-state index in [0.29, 0.717) is 5.69 Å². The van der Waals surface area contributed by atoms with Crippen molar-refractivity contribution in [1.82, 2.24) is 0 Å². The summed E-state index contributed by atoms with van der Waals surface area (Å²) in [5.41, 5.74) is 0.452. The zero-order valence-corrected chi connectivity index (χ0v) is 11.9. The zero-order valence-electron chi connectivity index (χ0n) is 11.0. The third-order valence-corrected chi connectivity index (χ3v) is 3.77. The maximum absolute atomic E-state index is 11.9. The lowest BCUT2D eigenvalue weighted by Gasteiger charge is -2.07. The molecule has 2 aromatic rings. The van der Waals surface area contributed by atoms with E-state index in [1.165, 1.54) is 48.5 Å². The molecule has 0 aliphatic carbocycles. The maximum Gasteiger partial charge on any atom is 0.356 e. The highest BCUT2D eigenvalue weighted by molar-refractivity contribution is 7.60. The van der Waals surface area contributed by atoms with Crippen LogP contribution in [-0.4, -0.2) is 20.6 Å². The summed E-state index contributed by atoms with van der Waals surface area (Å²) in [6.07, 6.45) is 0. The summed E-state index contributed by atoms with van der Waals surface area (Å²) in [6.45, 7) is 0. The average molecular weight is 322 g/mol. The fourth-order valence-electron chi connectivity index (χ4n) is 1.68. The van der Waals surface area contributed by atoms with Gasteiger partial charge in [-0.25, -0.2) is 0 Å². The average Bonchev–Trinajstić information content (AvgIpc) is 2.47. The molecule has 0 spiro atoms. The molecule has 9 heteroatoms. The van der Waals surface area contributed by atoms with Crippen molar-refractivity contribution in [2.24, 2.45) is 0 Å². The highest BCUT2D eigenvalue weighted by Gasteiger charge is 2.16. The van der Waals surface area contributed by atoms with Gasteiger partial charge in [0.1, 0.15) is 0 Å². The minimum atomic E-state index is -4.32. The first-order valence-electron chi connectivity index (χ1n) is 5.99. The Morgan fingerprint density at radius 1 is 1.05 bits per heavy atom. The molecule has 0 heterocycles. The first kappa shape index (κ1) is 15.8. The van der Waals surface area contributed by atoms with E-state index in [9.17, 15) is 19.5 Å². The smallest absolute Gasteiger partial charge is 0.322 e. The molecule has 0 atom stereocenters. The number of carbonyl (C=O) groups is 1. The van der Waals surface area contributed by atoms with E-state index in [1.807, 2.05) is 0 Å². The number of hydrogen-bond donors (Lipinski definition) is 3. The van der Waals surface area contributed by atoms with E-state index in [2.05, 4.69) is 5.32 Å². The third kappa shape index (κ3) is 3.76. The van der Waals surface area contributed by atoms with E-state index < -0.39 is 18.4 Å². The van der Waals surface area contributed by atoms with Gasteiger partial charge in [-0.1, -0.05) is 0 Å². The summed E-state index contributed by atoms with van der Waals surface area (Å²) >= 11 is 0. The standard InChI is InChI=1S/C13H11N2O6P/c16-13(9-1-5-11(6-2-9)15(17)18)14-10-3-7-12(8-4-10)22(19,20)21/h1-8H,(H,14,16)(H2,19,20,21). The van der Waals surface area contributed by atoms with Gasteiger partial charge < -0.3 is 15.1 Å². The number of anilines is 1.